The number of ether oxygens (including phenoxy) is 1. The highest BCUT2D eigenvalue weighted by Crippen LogP contribution is 2.17. The van der Waals surface area contributed by atoms with E-state index >= 15 is 0 Å². The quantitative estimate of drug-likeness (QED) is 0.737. The monoisotopic (exact) mass is 312 g/mol. The first-order chi connectivity index (χ1) is 11.3. The molecule has 1 fully saturated rings. The van der Waals surface area contributed by atoms with Crippen LogP contribution in [0, 0.1) is 0 Å². The Morgan fingerprint density at radius 2 is 2.39 bits per heavy atom. The van der Waals surface area contributed by atoms with E-state index in [4.69, 9.17) is 10.5 Å². The minimum atomic E-state index is -0.213. The molecule has 1 aromatic carbocycles. The lowest BCUT2D eigenvalue weighted by molar-refractivity contribution is 0.0969. The molecule has 1 aliphatic heterocycles. The molecule has 0 aliphatic carbocycles. The van der Waals surface area contributed by atoms with Crippen molar-refractivity contribution in [2.75, 3.05) is 13.2 Å². The van der Waals surface area contributed by atoms with Gasteiger partial charge in [-0.3, -0.25) is 9.79 Å². The van der Waals surface area contributed by atoms with Gasteiger partial charge in [-0.15, -0.1) is 0 Å². The van der Waals surface area contributed by atoms with E-state index < -0.39 is 0 Å². The fourth-order valence-electron chi connectivity index (χ4n) is 2.66. The van der Waals surface area contributed by atoms with E-state index in [1.165, 1.54) is 6.20 Å². The van der Waals surface area contributed by atoms with Crippen LogP contribution < -0.4 is 11.1 Å². The molecule has 1 saturated heterocycles. The molecule has 23 heavy (non-hydrogen) atoms. The number of nitrogens with one attached hydrogen (secondary N) is 2. The van der Waals surface area contributed by atoms with Crippen LogP contribution in [0.5, 0.6) is 0 Å². The number of carbonyl (C=O) groups is 1. The van der Waals surface area contributed by atoms with Crippen molar-refractivity contribution in [3.63, 3.8) is 0 Å². The summed E-state index contributed by atoms with van der Waals surface area (Å²) >= 11 is 0. The third-order valence-electron chi connectivity index (χ3n) is 3.84. The largest absolute Gasteiger partial charge is 0.403 e. The van der Waals surface area contributed by atoms with Gasteiger partial charge in [0.25, 0.3) is 5.91 Å². The zero-order valence-electron chi connectivity index (χ0n) is 12.8. The van der Waals surface area contributed by atoms with Crippen molar-refractivity contribution in [1.82, 2.24) is 10.3 Å². The lowest BCUT2D eigenvalue weighted by Crippen LogP contribution is -2.24. The topological polar surface area (TPSA) is 92.5 Å². The summed E-state index contributed by atoms with van der Waals surface area (Å²) in [4.78, 5) is 19.8. The predicted molar refractivity (Wildman–Crippen MR) is 90.4 cm³/mol. The number of carbonyl (C=O) groups excluding carboxylic acids is 1. The predicted octanol–water partition coefficient (Wildman–Crippen LogP) is 1.95. The van der Waals surface area contributed by atoms with E-state index in [0.717, 1.165) is 30.4 Å². The Balaban J connectivity index is 1.65. The Hall–Kier alpha value is -2.60. The lowest BCUT2D eigenvalue weighted by Gasteiger charge is -2.07. The number of fused-ring (bicyclic) bond motifs is 1. The molecule has 2 heterocycles. The number of hydrogen-bond acceptors (Lipinski definition) is 4. The number of H-pyrrole nitrogens is 1. The molecular formula is C17H20N4O2. The lowest BCUT2D eigenvalue weighted by atomic mass is 10.1. The second-order valence-electron chi connectivity index (χ2n) is 5.45. The number of hydrogen-bond donors (Lipinski definition) is 3. The summed E-state index contributed by atoms with van der Waals surface area (Å²) in [7, 11) is 0. The summed E-state index contributed by atoms with van der Waals surface area (Å²) < 4.78 is 5.50. The second kappa shape index (κ2) is 7.11. The maximum atomic E-state index is 12.4. The van der Waals surface area contributed by atoms with Crippen LogP contribution in [0.15, 0.2) is 47.4 Å². The maximum absolute atomic E-state index is 12.4. The molecule has 1 aromatic heterocycles. The standard InChI is InChI=1S/C17H20N4O2/c18-9-12(10-19-11-13-3-2-8-23-13)21-17(22)15-4-1-5-16-14(15)6-7-20-16/h1,4-7,9-10,13,20H,2-3,8,11,18H2,(H,21,22)/b12-9+,19-10?. The Morgan fingerprint density at radius 3 is 3.17 bits per heavy atom. The molecular weight excluding hydrogens is 292 g/mol. The Kier molecular flexibility index (Phi) is 4.73. The molecule has 1 unspecified atom stereocenters. The third-order valence-corrected chi connectivity index (χ3v) is 3.84. The number of aromatic amines is 1. The summed E-state index contributed by atoms with van der Waals surface area (Å²) in [6.45, 7) is 1.39. The van der Waals surface area contributed by atoms with Crippen molar-refractivity contribution in [2.24, 2.45) is 10.7 Å². The maximum Gasteiger partial charge on any atom is 0.256 e. The van der Waals surface area contributed by atoms with Gasteiger partial charge in [0.05, 0.1) is 18.3 Å². The molecule has 4 N–H and O–H groups in total. The van der Waals surface area contributed by atoms with Crippen LogP contribution in [-0.2, 0) is 4.74 Å². The third kappa shape index (κ3) is 3.60. The number of amides is 1. The van der Waals surface area contributed by atoms with Crippen molar-refractivity contribution < 1.29 is 9.53 Å². The molecule has 1 atom stereocenters. The first-order valence-corrected chi connectivity index (χ1v) is 7.68. The minimum Gasteiger partial charge on any atom is -0.403 e. The molecule has 0 spiro atoms. The van der Waals surface area contributed by atoms with Gasteiger partial charge in [-0.25, -0.2) is 0 Å². The molecule has 2 aromatic rings. The number of nitrogens with two attached hydrogens (primary N) is 1. The van der Waals surface area contributed by atoms with Crippen molar-refractivity contribution >= 4 is 23.0 Å². The van der Waals surface area contributed by atoms with Crippen LogP contribution in [0.4, 0.5) is 0 Å². The molecule has 1 aliphatic rings. The number of aromatic nitrogens is 1. The Morgan fingerprint density at radius 1 is 1.48 bits per heavy atom. The average Bonchev–Trinajstić information content (AvgIpc) is 3.24. The van der Waals surface area contributed by atoms with Gasteiger partial charge < -0.3 is 20.8 Å². The van der Waals surface area contributed by atoms with Gasteiger partial charge >= 0.3 is 0 Å². The van der Waals surface area contributed by atoms with Gasteiger partial charge in [0, 0.05) is 41.7 Å². The summed E-state index contributed by atoms with van der Waals surface area (Å²) in [5.41, 5.74) is 7.57. The highest BCUT2D eigenvalue weighted by molar-refractivity contribution is 6.08. The second-order valence-corrected chi connectivity index (χ2v) is 5.45. The van der Waals surface area contributed by atoms with Crippen molar-refractivity contribution in [2.45, 2.75) is 18.9 Å². The van der Waals surface area contributed by atoms with E-state index in [0.29, 0.717) is 17.8 Å². The number of allylic oxidation sites excluding steroid dienone is 1. The number of nitrogens with zero attached hydrogens (tertiary/aromatic N) is 1. The van der Waals surface area contributed by atoms with E-state index in [1.807, 2.05) is 24.4 Å². The average molecular weight is 312 g/mol. The molecule has 1 amide bonds. The number of aliphatic imine (C=N–C) groups is 1. The van der Waals surface area contributed by atoms with Gasteiger partial charge in [0.1, 0.15) is 0 Å². The minimum absolute atomic E-state index is 0.176. The molecule has 120 valence electrons. The molecule has 0 bridgehead atoms. The smallest absolute Gasteiger partial charge is 0.256 e. The molecule has 0 radical (unpaired) electrons. The van der Waals surface area contributed by atoms with E-state index in [-0.39, 0.29) is 12.0 Å². The molecule has 6 heteroatoms. The van der Waals surface area contributed by atoms with Crippen LogP contribution >= 0.6 is 0 Å². The zero-order valence-corrected chi connectivity index (χ0v) is 12.8. The summed E-state index contributed by atoms with van der Waals surface area (Å²) in [6, 6.07) is 7.42. The van der Waals surface area contributed by atoms with Gasteiger partial charge in [0.15, 0.2) is 0 Å². The van der Waals surface area contributed by atoms with E-state index in [1.54, 1.807) is 12.3 Å². The molecule has 6 nitrogen and oxygen atoms in total. The van der Waals surface area contributed by atoms with Crippen LogP contribution in [0.2, 0.25) is 0 Å². The van der Waals surface area contributed by atoms with Crippen LogP contribution in [-0.4, -0.2) is 36.4 Å². The molecule has 0 saturated carbocycles. The highest BCUT2D eigenvalue weighted by atomic mass is 16.5. The van der Waals surface area contributed by atoms with Gasteiger partial charge in [0.2, 0.25) is 0 Å². The van der Waals surface area contributed by atoms with Crippen LogP contribution in [0.1, 0.15) is 23.2 Å². The number of benzene rings is 1. The highest BCUT2D eigenvalue weighted by Gasteiger charge is 2.14. The van der Waals surface area contributed by atoms with Gasteiger partial charge in [-0.1, -0.05) is 6.07 Å². The zero-order chi connectivity index (χ0) is 16.1. The van der Waals surface area contributed by atoms with Gasteiger partial charge in [-0.05, 0) is 31.0 Å². The summed E-state index contributed by atoms with van der Waals surface area (Å²) in [6.07, 6.45) is 7.02. The van der Waals surface area contributed by atoms with Crippen LogP contribution in [0.25, 0.3) is 10.9 Å². The molecule has 3 rings (SSSR count). The van der Waals surface area contributed by atoms with Crippen molar-refractivity contribution in [1.29, 1.82) is 0 Å². The van der Waals surface area contributed by atoms with Crippen molar-refractivity contribution in [3.05, 3.63) is 47.9 Å². The number of rotatable bonds is 5. The SMILES string of the molecule is N/C=C(\C=NCC1CCCO1)NC(=O)c1cccc2[nH]ccc12. The Labute approximate surface area is 134 Å². The van der Waals surface area contributed by atoms with Crippen LogP contribution in [0.3, 0.4) is 0 Å². The van der Waals surface area contributed by atoms with E-state index in [2.05, 4.69) is 15.3 Å². The van der Waals surface area contributed by atoms with Crippen molar-refractivity contribution in [3.8, 4) is 0 Å². The first kappa shape index (κ1) is 15.3. The first-order valence-electron chi connectivity index (χ1n) is 7.68. The fraction of sp³-hybridized carbons (Fsp3) is 0.294. The van der Waals surface area contributed by atoms with E-state index in [9.17, 15) is 4.79 Å². The van der Waals surface area contributed by atoms with Gasteiger partial charge in [-0.2, -0.15) is 0 Å². The fourth-order valence-corrected chi connectivity index (χ4v) is 2.66. The normalized spacial score (nSPS) is 18.8. The summed E-state index contributed by atoms with van der Waals surface area (Å²) in [5, 5.41) is 3.66. The summed E-state index contributed by atoms with van der Waals surface area (Å²) in [5.74, 6) is -0.213. The Bertz CT molecular complexity index is 742.